The molecule has 27 heavy (non-hydrogen) atoms. The van der Waals surface area contributed by atoms with E-state index in [0.29, 0.717) is 11.4 Å². The van der Waals surface area contributed by atoms with Crippen LogP contribution in [0.2, 0.25) is 0 Å². The molecular weight excluding hydrogens is 483 g/mol. The first kappa shape index (κ1) is 21.2. The molecule has 0 unspecified atom stereocenters. The molecule has 0 spiro atoms. The van der Waals surface area contributed by atoms with Crippen molar-refractivity contribution in [2.24, 2.45) is 11.8 Å². The number of ether oxygens (including phenoxy) is 1. The molecule has 0 heterocycles. The van der Waals surface area contributed by atoms with Gasteiger partial charge in [0.1, 0.15) is 15.5 Å². The zero-order valence-electron chi connectivity index (χ0n) is 13.4. The van der Waals surface area contributed by atoms with E-state index in [1.165, 1.54) is 7.11 Å². The van der Waals surface area contributed by atoms with Crippen molar-refractivity contribution in [2.75, 3.05) is 12.4 Å². The summed E-state index contributed by atoms with van der Waals surface area (Å²) in [7, 11) is 1.50. The number of halogens is 6. The number of amides is 1. The Morgan fingerprint density at radius 1 is 1.00 bits per heavy atom. The molecule has 11 heteroatoms. The van der Waals surface area contributed by atoms with Crippen LogP contribution >= 0.6 is 69.6 Å². The molecule has 146 valence electrons. The van der Waals surface area contributed by atoms with Crippen LogP contribution in [0.1, 0.15) is 0 Å². The summed E-state index contributed by atoms with van der Waals surface area (Å²) in [5, 5.41) is 11.8. The Labute approximate surface area is 184 Å². The van der Waals surface area contributed by atoms with Crippen LogP contribution < -0.4 is 10.1 Å². The lowest BCUT2D eigenvalue weighted by Gasteiger charge is -2.33. The van der Waals surface area contributed by atoms with Gasteiger partial charge in [0, 0.05) is 5.69 Å². The summed E-state index contributed by atoms with van der Waals surface area (Å²) >= 11 is 38.1. The number of carbonyl (C=O) groups excluding carboxylic acids is 1. The maximum Gasteiger partial charge on any atom is 0.309 e. The Morgan fingerprint density at radius 3 is 1.93 bits per heavy atom. The first-order valence-electron chi connectivity index (χ1n) is 7.44. The lowest BCUT2D eigenvalue weighted by atomic mass is 9.81. The number of nitrogens with one attached hydrogen (secondary N) is 1. The standard InChI is InChI=1S/C16H11Cl6NO4/c1-27-7-4-2-6(3-5-7)23-12(24)8-9(13(25)26)15(20)11(18)10(17)14(8,19)16(15,21)22/h2-5,8-9H,1H3,(H,23,24)(H,25,26)/t8-,9+,14+,15+/m1/s1. The van der Waals surface area contributed by atoms with Gasteiger partial charge in [-0.15, -0.1) is 23.2 Å². The van der Waals surface area contributed by atoms with E-state index in [9.17, 15) is 14.7 Å². The van der Waals surface area contributed by atoms with E-state index in [2.05, 4.69) is 5.32 Å². The molecular formula is C16H11Cl6NO4. The fraction of sp³-hybridized carbons (Fsp3) is 0.375. The first-order valence-corrected chi connectivity index (χ1v) is 9.71. The normalized spacial score (nSPS) is 33.9. The zero-order valence-corrected chi connectivity index (χ0v) is 17.9. The number of benzene rings is 1. The van der Waals surface area contributed by atoms with E-state index >= 15 is 0 Å². The van der Waals surface area contributed by atoms with Gasteiger partial charge in [-0.05, 0) is 24.3 Å². The van der Waals surface area contributed by atoms with Crippen LogP contribution in [-0.4, -0.2) is 38.2 Å². The number of carbonyl (C=O) groups is 2. The lowest BCUT2D eigenvalue weighted by Crippen LogP contribution is -2.47. The number of allylic oxidation sites excluding steroid dienone is 2. The molecule has 2 bridgehead atoms. The highest BCUT2D eigenvalue weighted by Crippen LogP contribution is 2.76. The van der Waals surface area contributed by atoms with Crippen molar-refractivity contribution >= 4 is 87.2 Å². The number of fused-ring (bicyclic) bond motifs is 2. The van der Waals surface area contributed by atoms with Crippen molar-refractivity contribution in [3.8, 4) is 5.75 Å². The highest BCUT2D eigenvalue weighted by molar-refractivity contribution is 6.66. The fourth-order valence-electron chi connectivity index (χ4n) is 3.52. The highest BCUT2D eigenvalue weighted by Gasteiger charge is 2.85. The molecule has 5 nitrogen and oxygen atoms in total. The van der Waals surface area contributed by atoms with Crippen LogP contribution in [0.25, 0.3) is 0 Å². The van der Waals surface area contributed by atoms with Crippen LogP contribution in [-0.2, 0) is 9.59 Å². The summed E-state index contributed by atoms with van der Waals surface area (Å²) < 4.78 is 2.91. The van der Waals surface area contributed by atoms with E-state index in [4.69, 9.17) is 74.3 Å². The number of hydrogen-bond donors (Lipinski definition) is 2. The summed E-state index contributed by atoms with van der Waals surface area (Å²) in [4.78, 5) is 20.8. The quantitative estimate of drug-likeness (QED) is 0.591. The maximum absolute atomic E-state index is 13.0. The summed E-state index contributed by atoms with van der Waals surface area (Å²) in [5.41, 5.74) is 0.373. The number of methoxy groups -OCH3 is 1. The topological polar surface area (TPSA) is 75.6 Å². The van der Waals surface area contributed by atoms with Gasteiger partial charge < -0.3 is 15.2 Å². The predicted octanol–water partition coefficient (Wildman–Crippen LogP) is 4.80. The summed E-state index contributed by atoms with van der Waals surface area (Å²) in [6, 6.07) is 6.36. The van der Waals surface area contributed by atoms with Gasteiger partial charge in [0.25, 0.3) is 0 Å². The Hall–Kier alpha value is -0.560. The second-order valence-electron chi connectivity index (χ2n) is 6.14. The molecule has 1 saturated carbocycles. The Balaban J connectivity index is 2.05. The van der Waals surface area contributed by atoms with Crippen molar-refractivity contribution in [3.05, 3.63) is 34.3 Å². The minimum absolute atomic E-state index is 0.252. The van der Waals surface area contributed by atoms with Gasteiger partial charge in [-0.25, -0.2) is 0 Å². The summed E-state index contributed by atoms with van der Waals surface area (Å²) in [5.74, 6) is -4.72. The number of rotatable bonds is 4. The Morgan fingerprint density at radius 2 is 1.48 bits per heavy atom. The monoisotopic (exact) mass is 491 g/mol. The summed E-state index contributed by atoms with van der Waals surface area (Å²) in [6.07, 6.45) is 0. The number of anilines is 1. The van der Waals surface area contributed by atoms with Gasteiger partial charge in [-0.3, -0.25) is 9.59 Å². The van der Waals surface area contributed by atoms with Crippen LogP contribution in [0.4, 0.5) is 5.69 Å². The average molecular weight is 494 g/mol. The van der Waals surface area contributed by atoms with E-state index in [0.717, 1.165) is 0 Å². The van der Waals surface area contributed by atoms with Gasteiger partial charge in [-0.1, -0.05) is 46.4 Å². The molecule has 2 aliphatic carbocycles. The number of hydrogen-bond acceptors (Lipinski definition) is 3. The molecule has 0 aliphatic heterocycles. The molecule has 1 amide bonds. The van der Waals surface area contributed by atoms with E-state index in [1.807, 2.05) is 0 Å². The number of aliphatic carboxylic acids is 1. The summed E-state index contributed by atoms with van der Waals surface area (Å²) in [6.45, 7) is 0. The van der Waals surface area contributed by atoms with Gasteiger partial charge >= 0.3 is 5.97 Å². The van der Waals surface area contributed by atoms with E-state index < -0.39 is 37.8 Å². The largest absolute Gasteiger partial charge is 0.497 e. The van der Waals surface area contributed by atoms with Crippen molar-refractivity contribution in [1.82, 2.24) is 0 Å². The third-order valence-electron chi connectivity index (χ3n) is 4.84. The SMILES string of the molecule is COc1ccc(NC(=O)[C@H]2[C@@H](C(=O)O)[C@]3(Cl)C(Cl)=C(Cl)[C@]2(Cl)C3(Cl)Cl)cc1. The van der Waals surface area contributed by atoms with Crippen LogP contribution in [0.3, 0.4) is 0 Å². The Bertz CT molecular complexity index is 857. The highest BCUT2D eigenvalue weighted by atomic mass is 35.5. The molecule has 0 saturated heterocycles. The molecule has 0 radical (unpaired) electrons. The molecule has 2 aliphatic rings. The molecule has 1 fully saturated rings. The smallest absolute Gasteiger partial charge is 0.309 e. The van der Waals surface area contributed by atoms with E-state index in [-0.39, 0.29) is 10.1 Å². The zero-order chi connectivity index (χ0) is 20.4. The number of carboxylic acid groups (broad SMARTS) is 1. The second-order valence-corrected chi connectivity index (χ2v) is 9.41. The molecule has 0 aromatic heterocycles. The minimum Gasteiger partial charge on any atom is -0.497 e. The van der Waals surface area contributed by atoms with E-state index in [1.54, 1.807) is 24.3 Å². The minimum atomic E-state index is -2.14. The average Bonchev–Trinajstić information content (AvgIpc) is 2.82. The first-order chi connectivity index (χ1) is 12.4. The predicted molar refractivity (Wildman–Crippen MR) is 107 cm³/mol. The second kappa shape index (κ2) is 6.75. The number of alkyl halides is 4. The molecule has 3 rings (SSSR count). The fourth-order valence-corrected chi connectivity index (χ4v) is 6.46. The van der Waals surface area contributed by atoms with Crippen LogP contribution in [0.15, 0.2) is 34.3 Å². The van der Waals surface area contributed by atoms with Crippen molar-refractivity contribution in [3.63, 3.8) is 0 Å². The van der Waals surface area contributed by atoms with Gasteiger partial charge in [0.2, 0.25) is 5.91 Å². The Kier molecular flexibility index (Phi) is 5.29. The lowest BCUT2D eigenvalue weighted by molar-refractivity contribution is -0.146. The van der Waals surface area contributed by atoms with Crippen molar-refractivity contribution in [1.29, 1.82) is 0 Å². The number of carboxylic acids is 1. The van der Waals surface area contributed by atoms with Gasteiger partial charge in [0.15, 0.2) is 4.33 Å². The van der Waals surface area contributed by atoms with Gasteiger partial charge in [0.05, 0.1) is 29.0 Å². The molecule has 4 atom stereocenters. The third-order valence-corrected chi connectivity index (χ3v) is 9.10. The molecule has 1 aromatic rings. The third kappa shape index (κ3) is 2.59. The molecule has 2 N–H and O–H groups in total. The maximum atomic E-state index is 13.0. The molecule has 1 aromatic carbocycles. The van der Waals surface area contributed by atoms with Crippen molar-refractivity contribution in [2.45, 2.75) is 14.1 Å². The van der Waals surface area contributed by atoms with Crippen LogP contribution in [0, 0.1) is 11.8 Å². The van der Waals surface area contributed by atoms with Gasteiger partial charge in [-0.2, -0.15) is 0 Å². The van der Waals surface area contributed by atoms with Crippen LogP contribution in [0.5, 0.6) is 5.75 Å². The van der Waals surface area contributed by atoms with Crippen molar-refractivity contribution < 1.29 is 19.4 Å².